The number of nitrogens with zero attached hydrogens (tertiary/aromatic N) is 2. The number of amidine groups is 1. The Bertz CT molecular complexity index is 465. The molecule has 1 fully saturated rings. The number of hydrogen-bond donors (Lipinski definition) is 2. The van der Waals surface area contributed by atoms with Gasteiger partial charge >= 0.3 is 0 Å². The van der Waals surface area contributed by atoms with Crippen LogP contribution in [0.25, 0.3) is 0 Å². The summed E-state index contributed by atoms with van der Waals surface area (Å²) >= 11 is 6.28. The summed E-state index contributed by atoms with van der Waals surface area (Å²) in [4.78, 5) is 6.42. The highest BCUT2D eigenvalue weighted by Gasteiger charge is 2.27. The van der Waals surface area contributed by atoms with Crippen LogP contribution in [0.15, 0.2) is 12.3 Å². The summed E-state index contributed by atoms with van der Waals surface area (Å²) in [5, 5.41) is 7.94. The molecule has 0 amide bonds. The van der Waals surface area contributed by atoms with E-state index in [1.54, 1.807) is 12.3 Å². The Morgan fingerprint density at radius 3 is 3.00 bits per heavy atom. The molecular formula is C12H17ClN4O. The van der Waals surface area contributed by atoms with Gasteiger partial charge in [-0.05, 0) is 19.9 Å². The molecule has 2 atom stereocenters. The number of ether oxygens (including phenoxy) is 1. The fraction of sp³-hybridized carbons (Fsp3) is 0.500. The molecule has 3 N–H and O–H groups in total. The Labute approximate surface area is 111 Å². The lowest BCUT2D eigenvalue weighted by molar-refractivity contribution is 0.0340. The van der Waals surface area contributed by atoms with E-state index in [4.69, 9.17) is 27.5 Å². The molecule has 0 radical (unpaired) electrons. The number of rotatable bonds is 2. The van der Waals surface area contributed by atoms with Crippen LogP contribution in [0.4, 0.5) is 5.82 Å². The summed E-state index contributed by atoms with van der Waals surface area (Å²) in [5.74, 6) is 0.629. The van der Waals surface area contributed by atoms with Crippen LogP contribution in [0.5, 0.6) is 0 Å². The Kier molecular flexibility index (Phi) is 3.73. The van der Waals surface area contributed by atoms with Gasteiger partial charge in [0, 0.05) is 18.3 Å². The lowest BCUT2D eigenvalue weighted by Crippen LogP contribution is -2.48. The average molecular weight is 269 g/mol. The molecule has 2 heterocycles. The summed E-state index contributed by atoms with van der Waals surface area (Å²) in [7, 11) is 0. The van der Waals surface area contributed by atoms with Crippen molar-refractivity contribution in [3.8, 4) is 0 Å². The van der Waals surface area contributed by atoms with Crippen molar-refractivity contribution in [1.29, 1.82) is 5.41 Å². The van der Waals surface area contributed by atoms with Crippen LogP contribution in [0.3, 0.4) is 0 Å². The van der Waals surface area contributed by atoms with Gasteiger partial charge in [0.2, 0.25) is 0 Å². The molecule has 1 saturated heterocycles. The maximum Gasteiger partial charge on any atom is 0.148 e. The zero-order valence-corrected chi connectivity index (χ0v) is 11.2. The van der Waals surface area contributed by atoms with Gasteiger partial charge in [0.15, 0.2) is 0 Å². The van der Waals surface area contributed by atoms with E-state index >= 15 is 0 Å². The number of nitrogens with two attached hydrogens (primary N) is 1. The number of nitrogens with one attached hydrogen (secondary N) is 1. The molecule has 0 aromatic carbocycles. The predicted octanol–water partition coefficient (Wildman–Crippen LogP) is 1.63. The Hall–Kier alpha value is -1.33. The summed E-state index contributed by atoms with van der Waals surface area (Å²) in [6, 6.07) is 1.86. The van der Waals surface area contributed by atoms with E-state index in [9.17, 15) is 0 Å². The first-order chi connectivity index (χ1) is 8.50. The molecule has 0 spiro atoms. The second-order valence-electron chi connectivity index (χ2n) is 4.56. The highest BCUT2D eigenvalue weighted by Crippen LogP contribution is 2.29. The third-order valence-electron chi connectivity index (χ3n) is 3.04. The maximum atomic E-state index is 7.50. The highest BCUT2D eigenvalue weighted by atomic mass is 35.5. The van der Waals surface area contributed by atoms with Gasteiger partial charge < -0.3 is 15.4 Å². The molecule has 2 unspecified atom stereocenters. The number of nitrogen functional groups attached to an aromatic ring is 1. The molecule has 18 heavy (non-hydrogen) atoms. The molecular weight excluding hydrogens is 252 g/mol. The quantitative estimate of drug-likeness (QED) is 0.631. The molecule has 0 bridgehead atoms. The second-order valence-corrected chi connectivity index (χ2v) is 4.93. The van der Waals surface area contributed by atoms with E-state index < -0.39 is 0 Å². The minimum Gasteiger partial charge on any atom is -0.384 e. The van der Waals surface area contributed by atoms with E-state index in [0.29, 0.717) is 23.0 Å². The SMILES string of the molecule is CC1CN(c2nccc(C(=N)N)c2Cl)C(C)CO1. The van der Waals surface area contributed by atoms with Crippen molar-refractivity contribution >= 4 is 23.3 Å². The van der Waals surface area contributed by atoms with Crippen LogP contribution in [0.1, 0.15) is 19.4 Å². The smallest absolute Gasteiger partial charge is 0.148 e. The third kappa shape index (κ3) is 2.42. The van der Waals surface area contributed by atoms with Crippen molar-refractivity contribution < 1.29 is 4.74 Å². The Balaban J connectivity index is 2.38. The van der Waals surface area contributed by atoms with Crippen LogP contribution in [0, 0.1) is 5.41 Å². The number of aromatic nitrogens is 1. The molecule has 0 saturated carbocycles. The van der Waals surface area contributed by atoms with Crippen molar-refractivity contribution in [2.75, 3.05) is 18.1 Å². The van der Waals surface area contributed by atoms with E-state index in [2.05, 4.69) is 16.8 Å². The minimum atomic E-state index is -0.0439. The molecule has 6 heteroatoms. The zero-order chi connectivity index (χ0) is 13.3. The lowest BCUT2D eigenvalue weighted by atomic mass is 10.1. The maximum absolute atomic E-state index is 7.50. The van der Waals surface area contributed by atoms with E-state index in [-0.39, 0.29) is 18.0 Å². The first-order valence-electron chi connectivity index (χ1n) is 5.88. The van der Waals surface area contributed by atoms with Crippen molar-refractivity contribution in [3.63, 3.8) is 0 Å². The highest BCUT2D eigenvalue weighted by molar-refractivity contribution is 6.36. The van der Waals surface area contributed by atoms with Gasteiger partial charge in [0.05, 0.1) is 23.8 Å². The summed E-state index contributed by atoms with van der Waals surface area (Å²) in [6.45, 7) is 5.45. The van der Waals surface area contributed by atoms with E-state index in [1.807, 2.05) is 6.92 Å². The van der Waals surface area contributed by atoms with Crippen LogP contribution < -0.4 is 10.6 Å². The molecule has 5 nitrogen and oxygen atoms in total. The van der Waals surface area contributed by atoms with Crippen molar-refractivity contribution in [1.82, 2.24) is 4.98 Å². The largest absolute Gasteiger partial charge is 0.384 e. The van der Waals surface area contributed by atoms with Gasteiger partial charge in [0.25, 0.3) is 0 Å². The third-order valence-corrected chi connectivity index (χ3v) is 3.41. The number of halogens is 1. The molecule has 2 rings (SSSR count). The van der Waals surface area contributed by atoms with Gasteiger partial charge in [-0.3, -0.25) is 5.41 Å². The Morgan fingerprint density at radius 1 is 1.61 bits per heavy atom. The van der Waals surface area contributed by atoms with Crippen LogP contribution in [-0.2, 0) is 4.74 Å². The summed E-state index contributed by atoms with van der Waals surface area (Å²) in [5.41, 5.74) is 6.02. The number of morpholine rings is 1. The van der Waals surface area contributed by atoms with Crippen LogP contribution >= 0.6 is 11.6 Å². The van der Waals surface area contributed by atoms with Gasteiger partial charge in [0.1, 0.15) is 11.7 Å². The first kappa shape index (κ1) is 13.1. The summed E-state index contributed by atoms with van der Waals surface area (Å²) < 4.78 is 5.58. The number of hydrogen-bond acceptors (Lipinski definition) is 4. The molecule has 0 aliphatic carbocycles. The predicted molar refractivity (Wildman–Crippen MR) is 72.5 cm³/mol. The lowest BCUT2D eigenvalue weighted by Gasteiger charge is -2.38. The van der Waals surface area contributed by atoms with E-state index in [1.165, 1.54) is 0 Å². The fourth-order valence-corrected chi connectivity index (χ4v) is 2.36. The van der Waals surface area contributed by atoms with Gasteiger partial charge in [-0.1, -0.05) is 11.6 Å². The van der Waals surface area contributed by atoms with Crippen LogP contribution in [0.2, 0.25) is 5.02 Å². The van der Waals surface area contributed by atoms with Gasteiger partial charge in [-0.15, -0.1) is 0 Å². The van der Waals surface area contributed by atoms with Gasteiger partial charge in [-0.25, -0.2) is 4.98 Å². The topological polar surface area (TPSA) is 75.2 Å². The monoisotopic (exact) mass is 268 g/mol. The molecule has 1 aliphatic rings. The molecule has 1 aromatic rings. The molecule has 1 aromatic heterocycles. The Morgan fingerprint density at radius 2 is 2.33 bits per heavy atom. The number of pyridine rings is 1. The standard InChI is InChI=1S/C12H17ClN4O/c1-7-6-18-8(2)5-17(7)12-10(13)9(11(14)15)3-4-16-12/h3-4,7-8H,5-6H2,1-2H3,(H3,14,15). The van der Waals surface area contributed by atoms with Crippen LogP contribution in [-0.4, -0.2) is 36.1 Å². The first-order valence-corrected chi connectivity index (χ1v) is 6.25. The molecule has 1 aliphatic heterocycles. The second kappa shape index (κ2) is 5.12. The molecule has 98 valence electrons. The van der Waals surface area contributed by atoms with E-state index in [0.717, 1.165) is 6.54 Å². The fourth-order valence-electron chi connectivity index (χ4n) is 2.04. The minimum absolute atomic E-state index is 0.0439. The van der Waals surface area contributed by atoms with Gasteiger partial charge in [-0.2, -0.15) is 0 Å². The number of anilines is 1. The average Bonchev–Trinajstić information content (AvgIpc) is 2.32. The zero-order valence-electron chi connectivity index (χ0n) is 10.5. The summed E-state index contributed by atoms with van der Waals surface area (Å²) in [6.07, 6.45) is 1.77. The van der Waals surface area contributed by atoms with Crippen molar-refractivity contribution in [2.45, 2.75) is 26.0 Å². The van der Waals surface area contributed by atoms with Crippen molar-refractivity contribution in [2.24, 2.45) is 5.73 Å². The van der Waals surface area contributed by atoms with Crippen molar-refractivity contribution in [3.05, 3.63) is 22.8 Å². The normalized spacial score (nSPS) is 24.1.